The van der Waals surface area contributed by atoms with Crippen molar-refractivity contribution in [1.29, 1.82) is 0 Å². The Kier molecular flexibility index (Phi) is 5.94. The molecule has 1 aromatic heterocycles. The number of hydrogen-bond donors (Lipinski definition) is 1. The van der Waals surface area contributed by atoms with Gasteiger partial charge in [-0.05, 0) is 48.9 Å². The molecule has 0 fully saturated rings. The van der Waals surface area contributed by atoms with Crippen LogP contribution in [0.5, 0.6) is 11.5 Å². The molecule has 1 heterocycles. The summed E-state index contributed by atoms with van der Waals surface area (Å²) >= 11 is 6.10. The Morgan fingerprint density at radius 1 is 1.19 bits per heavy atom. The minimum atomic E-state index is -0.242. The fourth-order valence-electron chi connectivity index (χ4n) is 2.48. The van der Waals surface area contributed by atoms with E-state index in [1.807, 2.05) is 19.1 Å². The summed E-state index contributed by atoms with van der Waals surface area (Å²) in [5.41, 5.74) is 2.91. The van der Waals surface area contributed by atoms with E-state index in [0.29, 0.717) is 34.4 Å². The average molecular weight is 383 g/mol. The van der Waals surface area contributed by atoms with E-state index in [1.165, 1.54) is 7.11 Å². The molecule has 3 rings (SSSR count). The van der Waals surface area contributed by atoms with Crippen LogP contribution < -0.4 is 14.8 Å². The van der Waals surface area contributed by atoms with Gasteiger partial charge in [0.25, 0.3) is 5.91 Å². The van der Waals surface area contributed by atoms with Crippen molar-refractivity contribution < 1.29 is 14.3 Å². The first-order chi connectivity index (χ1) is 13.1. The standard InChI is InChI=1S/C21H19ClN2O3/c1-14-10-19(20(26-2)11-18(14)22)24-21(25)16-5-7-17(8-6-16)27-13-15-4-3-9-23-12-15/h3-12H,13H2,1-2H3,(H,24,25). The van der Waals surface area contributed by atoms with Gasteiger partial charge in [-0.3, -0.25) is 9.78 Å². The Morgan fingerprint density at radius 3 is 2.63 bits per heavy atom. The number of anilines is 1. The van der Waals surface area contributed by atoms with Crippen molar-refractivity contribution in [2.75, 3.05) is 12.4 Å². The molecule has 0 radical (unpaired) electrons. The normalized spacial score (nSPS) is 10.3. The van der Waals surface area contributed by atoms with Crippen LogP contribution in [0.15, 0.2) is 60.9 Å². The Hall–Kier alpha value is -3.05. The van der Waals surface area contributed by atoms with Crippen molar-refractivity contribution in [2.45, 2.75) is 13.5 Å². The SMILES string of the molecule is COc1cc(Cl)c(C)cc1NC(=O)c1ccc(OCc2cccnc2)cc1. The molecular weight excluding hydrogens is 364 g/mol. The number of pyridine rings is 1. The molecule has 6 heteroatoms. The van der Waals surface area contributed by atoms with Crippen molar-refractivity contribution in [3.05, 3.63) is 82.6 Å². The van der Waals surface area contributed by atoms with E-state index in [1.54, 1.807) is 48.8 Å². The number of methoxy groups -OCH3 is 1. The molecule has 138 valence electrons. The number of nitrogens with one attached hydrogen (secondary N) is 1. The zero-order valence-corrected chi connectivity index (χ0v) is 15.8. The third kappa shape index (κ3) is 4.77. The van der Waals surface area contributed by atoms with Gasteiger partial charge >= 0.3 is 0 Å². The number of hydrogen-bond acceptors (Lipinski definition) is 4. The molecule has 0 spiro atoms. The van der Waals surface area contributed by atoms with Gasteiger partial charge in [-0.2, -0.15) is 0 Å². The first kappa shape index (κ1) is 18.7. The largest absolute Gasteiger partial charge is 0.495 e. The van der Waals surface area contributed by atoms with Gasteiger partial charge in [-0.1, -0.05) is 17.7 Å². The summed E-state index contributed by atoms with van der Waals surface area (Å²) in [6, 6.07) is 14.2. The highest BCUT2D eigenvalue weighted by Crippen LogP contribution is 2.31. The topological polar surface area (TPSA) is 60.5 Å². The van der Waals surface area contributed by atoms with Crippen LogP contribution >= 0.6 is 11.6 Å². The summed E-state index contributed by atoms with van der Waals surface area (Å²) < 4.78 is 11.0. The number of amides is 1. The maximum absolute atomic E-state index is 12.5. The first-order valence-electron chi connectivity index (χ1n) is 8.34. The van der Waals surface area contributed by atoms with Crippen LogP contribution in [0.3, 0.4) is 0 Å². The molecule has 0 saturated heterocycles. The van der Waals surface area contributed by atoms with Crippen LogP contribution in [-0.2, 0) is 6.61 Å². The van der Waals surface area contributed by atoms with Crippen LogP contribution in [0.4, 0.5) is 5.69 Å². The van der Waals surface area contributed by atoms with E-state index in [4.69, 9.17) is 21.1 Å². The van der Waals surface area contributed by atoms with Gasteiger partial charge in [0, 0.05) is 34.6 Å². The monoisotopic (exact) mass is 382 g/mol. The third-order valence-electron chi connectivity index (χ3n) is 3.97. The third-order valence-corrected chi connectivity index (χ3v) is 4.38. The average Bonchev–Trinajstić information content (AvgIpc) is 2.70. The van der Waals surface area contributed by atoms with E-state index in [0.717, 1.165) is 11.1 Å². The Balaban J connectivity index is 1.66. The minimum absolute atomic E-state index is 0.242. The molecule has 0 atom stereocenters. The van der Waals surface area contributed by atoms with Crippen molar-refractivity contribution >= 4 is 23.2 Å². The molecule has 27 heavy (non-hydrogen) atoms. The molecule has 2 aromatic carbocycles. The van der Waals surface area contributed by atoms with Gasteiger partial charge in [0.2, 0.25) is 0 Å². The number of carbonyl (C=O) groups excluding carboxylic acids is 1. The molecule has 1 N–H and O–H groups in total. The lowest BCUT2D eigenvalue weighted by atomic mass is 10.1. The molecule has 0 aliphatic rings. The number of aryl methyl sites for hydroxylation is 1. The number of halogens is 1. The van der Waals surface area contributed by atoms with Crippen molar-refractivity contribution in [2.24, 2.45) is 0 Å². The van der Waals surface area contributed by atoms with E-state index < -0.39 is 0 Å². The summed E-state index contributed by atoms with van der Waals surface area (Å²) in [5.74, 6) is 0.944. The molecule has 0 saturated carbocycles. The van der Waals surface area contributed by atoms with E-state index in [9.17, 15) is 4.79 Å². The lowest BCUT2D eigenvalue weighted by Crippen LogP contribution is -2.12. The summed E-state index contributed by atoms with van der Waals surface area (Å²) in [4.78, 5) is 16.6. The zero-order valence-electron chi connectivity index (χ0n) is 15.0. The van der Waals surface area contributed by atoms with Gasteiger partial charge in [0.1, 0.15) is 18.1 Å². The second kappa shape index (κ2) is 8.56. The summed E-state index contributed by atoms with van der Waals surface area (Å²) in [7, 11) is 1.53. The summed E-state index contributed by atoms with van der Waals surface area (Å²) in [5, 5.41) is 3.43. The van der Waals surface area contributed by atoms with E-state index >= 15 is 0 Å². The molecule has 1 amide bonds. The van der Waals surface area contributed by atoms with Crippen LogP contribution in [0.25, 0.3) is 0 Å². The predicted octanol–water partition coefficient (Wildman–Crippen LogP) is 4.88. The lowest BCUT2D eigenvalue weighted by Gasteiger charge is -2.12. The van der Waals surface area contributed by atoms with E-state index in [2.05, 4.69) is 10.3 Å². The predicted molar refractivity (Wildman–Crippen MR) is 106 cm³/mol. The highest BCUT2D eigenvalue weighted by atomic mass is 35.5. The first-order valence-corrected chi connectivity index (χ1v) is 8.72. The quantitative estimate of drug-likeness (QED) is 0.659. The Labute approximate surface area is 162 Å². The Bertz CT molecular complexity index is 928. The van der Waals surface area contributed by atoms with Crippen molar-refractivity contribution in [1.82, 2.24) is 4.98 Å². The van der Waals surface area contributed by atoms with E-state index in [-0.39, 0.29) is 5.91 Å². The molecule has 0 unspecified atom stereocenters. The van der Waals surface area contributed by atoms with Crippen LogP contribution in [0.1, 0.15) is 21.5 Å². The summed E-state index contributed by atoms with van der Waals surface area (Å²) in [6.45, 7) is 2.28. The smallest absolute Gasteiger partial charge is 0.255 e. The van der Waals surface area contributed by atoms with Crippen LogP contribution in [0, 0.1) is 6.92 Å². The highest BCUT2D eigenvalue weighted by Gasteiger charge is 2.12. The van der Waals surface area contributed by atoms with Gasteiger partial charge in [-0.15, -0.1) is 0 Å². The minimum Gasteiger partial charge on any atom is -0.495 e. The molecule has 3 aromatic rings. The number of ether oxygens (including phenoxy) is 2. The fourth-order valence-corrected chi connectivity index (χ4v) is 2.63. The van der Waals surface area contributed by atoms with Gasteiger partial charge < -0.3 is 14.8 Å². The number of nitrogens with zero attached hydrogens (tertiary/aromatic N) is 1. The molecule has 0 bridgehead atoms. The second-order valence-electron chi connectivity index (χ2n) is 5.93. The van der Waals surface area contributed by atoms with Gasteiger partial charge in [0.15, 0.2) is 0 Å². The van der Waals surface area contributed by atoms with Gasteiger partial charge in [-0.25, -0.2) is 0 Å². The van der Waals surface area contributed by atoms with Gasteiger partial charge in [0.05, 0.1) is 12.8 Å². The number of carbonyl (C=O) groups is 1. The summed E-state index contributed by atoms with van der Waals surface area (Å²) in [6.07, 6.45) is 3.47. The molecular formula is C21H19ClN2O3. The fraction of sp³-hybridized carbons (Fsp3) is 0.143. The molecule has 0 aliphatic heterocycles. The maximum atomic E-state index is 12.5. The van der Waals surface area contributed by atoms with Crippen molar-refractivity contribution in [3.63, 3.8) is 0 Å². The highest BCUT2D eigenvalue weighted by molar-refractivity contribution is 6.31. The Morgan fingerprint density at radius 2 is 1.96 bits per heavy atom. The molecule has 5 nitrogen and oxygen atoms in total. The number of benzene rings is 2. The second-order valence-corrected chi connectivity index (χ2v) is 6.34. The maximum Gasteiger partial charge on any atom is 0.255 e. The van der Waals surface area contributed by atoms with Crippen LogP contribution in [-0.4, -0.2) is 18.0 Å². The van der Waals surface area contributed by atoms with Crippen LogP contribution in [0.2, 0.25) is 5.02 Å². The lowest BCUT2D eigenvalue weighted by molar-refractivity contribution is 0.102. The molecule has 0 aliphatic carbocycles. The zero-order chi connectivity index (χ0) is 19.2. The number of rotatable bonds is 6. The van der Waals surface area contributed by atoms with Crippen molar-refractivity contribution in [3.8, 4) is 11.5 Å². The number of aromatic nitrogens is 1.